The van der Waals surface area contributed by atoms with Gasteiger partial charge in [-0.05, 0) is 43.2 Å². The van der Waals surface area contributed by atoms with Crippen LogP contribution in [0, 0.1) is 5.41 Å². The third-order valence-corrected chi connectivity index (χ3v) is 7.72. The predicted octanol–water partition coefficient (Wildman–Crippen LogP) is 5.37. The minimum atomic E-state index is -0.568. The van der Waals surface area contributed by atoms with Gasteiger partial charge < -0.3 is 14.5 Å². The Balaban J connectivity index is 0.00000204. The van der Waals surface area contributed by atoms with Crippen molar-refractivity contribution in [3.8, 4) is 0 Å². The molecule has 4 heterocycles. The number of benzene rings is 1. The van der Waals surface area contributed by atoms with Gasteiger partial charge in [-0.1, -0.05) is 42.8 Å². The van der Waals surface area contributed by atoms with Gasteiger partial charge in [0.1, 0.15) is 5.76 Å². The van der Waals surface area contributed by atoms with E-state index in [4.69, 9.17) is 4.74 Å². The van der Waals surface area contributed by atoms with Gasteiger partial charge in [0.2, 0.25) is 5.72 Å². The van der Waals surface area contributed by atoms with E-state index in [9.17, 15) is 4.79 Å². The monoisotopic (exact) mass is 439 g/mol. The Labute approximate surface area is 190 Å². The van der Waals surface area contributed by atoms with Gasteiger partial charge in [0, 0.05) is 32.4 Å². The van der Waals surface area contributed by atoms with Crippen LogP contribution in [0.25, 0.3) is 0 Å². The zero-order valence-corrected chi connectivity index (χ0v) is 18.9. The van der Waals surface area contributed by atoms with Crippen LogP contribution in [0.5, 0.6) is 0 Å². The molecule has 31 heavy (non-hydrogen) atoms. The normalized spacial score (nSPS) is 31.2. The van der Waals surface area contributed by atoms with Gasteiger partial charge in [-0.2, -0.15) is 0 Å². The van der Waals surface area contributed by atoms with Crippen LogP contribution in [-0.2, 0) is 11.3 Å². The average Bonchev–Trinajstić information content (AvgIpc) is 3.22. The molecule has 2 unspecified atom stereocenters. The summed E-state index contributed by atoms with van der Waals surface area (Å²) in [5.41, 5.74) is 3.38. The van der Waals surface area contributed by atoms with Gasteiger partial charge in [-0.3, -0.25) is 4.90 Å². The topological polar surface area (TPSA) is 36.0 Å². The Morgan fingerprint density at radius 1 is 1.13 bits per heavy atom. The molecule has 0 radical (unpaired) electrons. The Morgan fingerprint density at radius 3 is 2.81 bits per heavy atom. The van der Waals surface area contributed by atoms with E-state index in [2.05, 4.69) is 35.5 Å². The third-order valence-electron chi connectivity index (χ3n) is 7.72. The van der Waals surface area contributed by atoms with Crippen molar-refractivity contribution in [3.05, 3.63) is 71.4 Å². The molecule has 5 nitrogen and oxygen atoms in total. The standard InChI is InChI=1S/C25H29N3O2.ClH/c1-26-23(29)28(15-19-9-3-2-4-10-19)18-25(26)17-24-13-7-5-11-20(24)16-27-14-8-6-12-21(27)22(24)30-25;/h2-4,8-10,14,16H,5-7,11-13,15,17-18H2,1H3;1H. The lowest BCUT2D eigenvalue weighted by Crippen LogP contribution is -2.45. The summed E-state index contributed by atoms with van der Waals surface area (Å²) in [4.78, 5) is 19.4. The predicted molar refractivity (Wildman–Crippen MR) is 122 cm³/mol. The summed E-state index contributed by atoms with van der Waals surface area (Å²) in [6.07, 6.45) is 14.5. The first kappa shape index (κ1) is 20.5. The van der Waals surface area contributed by atoms with Crippen molar-refractivity contribution in [3.63, 3.8) is 0 Å². The lowest BCUT2D eigenvalue weighted by atomic mass is 9.65. The van der Waals surface area contributed by atoms with Crippen LogP contribution in [-0.4, -0.2) is 40.0 Å². The number of urea groups is 1. The van der Waals surface area contributed by atoms with E-state index in [0.717, 1.165) is 43.4 Å². The molecular weight excluding hydrogens is 410 g/mol. The summed E-state index contributed by atoms with van der Waals surface area (Å²) in [6, 6.07) is 10.3. The third kappa shape index (κ3) is 2.93. The fraction of sp³-hybridized carbons (Fsp3) is 0.480. The molecule has 1 saturated carbocycles. The van der Waals surface area contributed by atoms with Crippen LogP contribution < -0.4 is 0 Å². The van der Waals surface area contributed by atoms with E-state index in [1.54, 1.807) is 0 Å². The highest BCUT2D eigenvalue weighted by Gasteiger charge is 2.64. The van der Waals surface area contributed by atoms with Crippen LogP contribution in [0.1, 0.15) is 50.5 Å². The first-order chi connectivity index (χ1) is 14.6. The van der Waals surface area contributed by atoms with Crippen LogP contribution >= 0.6 is 12.4 Å². The average molecular weight is 440 g/mol. The Hall–Kier alpha value is -2.40. The number of nitrogens with zero attached hydrogens (tertiary/aromatic N) is 3. The summed E-state index contributed by atoms with van der Waals surface area (Å²) < 4.78 is 6.92. The maximum Gasteiger partial charge on any atom is 0.323 e. The highest BCUT2D eigenvalue weighted by atomic mass is 35.5. The van der Waals surface area contributed by atoms with Crippen molar-refractivity contribution in [2.24, 2.45) is 5.41 Å². The molecule has 2 spiro atoms. The molecule has 1 aromatic carbocycles. The van der Waals surface area contributed by atoms with E-state index in [1.165, 1.54) is 24.1 Å². The molecule has 0 aromatic heterocycles. The number of rotatable bonds is 2. The summed E-state index contributed by atoms with van der Waals surface area (Å²) >= 11 is 0. The largest absolute Gasteiger partial charge is 0.467 e. The SMILES string of the molecule is CN1C(=O)N(Cc2ccccc2)CC12CC13CCCCC1=CN1C=CCCC1=C3O2.Cl. The fourth-order valence-corrected chi connectivity index (χ4v) is 6.21. The van der Waals surface area contributed by atoms with Crippen LogP contribution in [0.3, 0.4) is 0 Å². The molecular formula is C25H30ClN3O2. The maximum absolute atomic E-state index is 13.2. The second-order valence-electron chi connectivity index (χ2n) is 9.46. The highest BCUT2D eigenvalue weighted by Crippen LogP contribution is 2.62. The van der Waals surface area contributed by atoms with Crippen LogP contribution in [0.2, 0.25) is 0 Å². The minimum Gasteiger partial charge on any atom is -0.467 e. The molecule has 2 amide bonds. The second-order valence-corrected chi connectivity index (χ2v) is 9.46. The van der Waals surface area contributed by atoms with E-state index >= 15 is 0 Å². The van der Waals surface area contributed by atoms with E-state index < -0.39 is 5.72 Å². The summed E-state index contributed by atoms with van der Waals surface area (Å²) in [5, 5.41) is 0. The molecule has 4 aliphatic heterocycles. The molecule has 1 aliphatic carbocycles. The molecule has 1 aromatic rings. The first-order valence-electron chi connectivity index (χ1n) is 11.3. The number of likely N-dealkylation sites (N-methyl/N-ethyl adjacent to an activating group) is 1. The Morgan fingerprint density at radius 2 is 1.97 bits per heavy atom. The molecule has 164 valence electrons. The number of amides is 2. The number of hydrogen-bond donors (Lipinski definition) is 0. The van der Waals surface area contributed by atoms with Gasteiger partial charge in [0.15, 0.2) is 0 Å². The van der Waals surface area contributed by atoms with Gasteiger partial charge in [-0.25, -0.2) is 4.79 Å². The number of carbonyl (C=O) groups excluding carboxylic acids is 1. The van der Waals surface area contributed by atoms with Crippen molar-refractivity contribution in [2.75, 3.05) is 13.6 Å². The van der Waals surface area contributed by atoms with E-state index in [0.29, 0.717) is 13.1 Å². The second kappa shape index (κ2) is 7.33. The van der Waals surface area contributed by atoms with E-state index in [-0.39, 0.29) is 23.9 Å². The smallest absolute Gasteiger partial charge is 0.323 e. The van der Waals surface area contributed by atoms with Crippen LogP contribution in [0.15, 0.2) is 65.8 Å². The molecule has 3 fully saturated rings. The number of fused-ring (bicyclic) bond motifs is 1. The molecule has 6 heteroatoms. The Bertz CT molecular complexity index is 988. The molecule has 0 N–H and O–H groups in total. The van der Waals surface area contributed by atoms with Crippen molar-refractivity contribution >= 4 is 18.4 Å². The van der Waals surface area contributed by atoms with E-state index in [1.807, 2.05) is 35.0 Å². The van der Waals surface area contributed by atoms with Gasteiger partial charge >= 0.3 is 6.03 Å². The number of carbonyl (C=O) groups is 1. The summed E-state index contributed by atoms with van der Waals surface area (Å²) in [7, 11) is 1.93. The van der Waals surface area contributed by atoms with Gasteiger partial charge in [0.05, 0.1) is 17.7 Å². The fourth-order valence-electron chi connectivity index (χ4n) is 6.21. The number of hydrogen-bond acceptors (Lipinski definition) is 3. The van der Waals surface area contributed by atoms with Crippen molar-refractivity contribution in [1.82, 2.24) is 14.7 Å². The Kier molecular flexibility index (Phi) is 4.85. The highest BCUT2D eigenvalue weighted by molar-refractivity contribution is 5.85. The first-order valence-corrected chi connectivity index (χ1v) is 11.3. The zero-order valence-electron chi connectivity index (χ0n) is 18.0. The molecule has 6 rings (SSSR count). The molecule has 0 bridgehead atoms. The van der Waals surface area contributed by atoms with Crippen molar-refractivity contribution in [2.45, 2.75) is 57.2 Å². The van der Waals surface area contributed by atoms with Crippen molar-refractivity contribution in [1.29, 1.82) is 0 Å². The molecule has 2 atom stereocenters. The minimum absolute atomic E-state index is 0. The lowest BCUT2D eigenvalue weighted by Gasteiger charge is -2.42. The maximum atomic E-state index is 13.2. The van der Waals surface area contributed by atoms with Crippen molar-refractivity contribution < 1.29 is 9.53 Å². The van der Waals surface area contributed by atoms with Gasteiger partial charge in [-0.15, -0.1) is 12.4 Å². The number of allylic oxidation sites excluding steroid dienone is 3. The summed E-state index contributed by atoms with van der Waals surface area (Å²) in [6.45, 7) is 1.25. The summed E-state index contributed by atoms with van der Waals surface area (Å²) in [5.74, 6) is 1.16. The number of ether oxygens (including phenoxy) is 1. The molecule has 5 aliphatic rings. The number of halogens is 1. The van der Waals surface area contributed by atoms with Gasteiger partial charge in [0.25, 0.3) is 0 Å². The quantitative estimate of drug-likeness (QED) is 0.621. The zero-order chi connectivity index (χ0) is 20.3. The molecule has 2 saturated heterocycles. The lowest BCUT2D eigenvalue weighted by molar-refractivity contribution is -0.0430. The van der Waals surface area contributed by atoms with Crippen LogP contribution in [0.4, 0.5) is 4.79 Å².